The number of carbonyl (C=O) groups excluding carboxylic acids is 5. The summed E-state index contributed by atoms with van der Waals surface area (Å²) in [5.74, 6) is -0.714. The highest BCUT2D eigenvalue weighted by Crippen LogP contribution is 2.48. The number of anilines is 2. The van der Waals surface area contributed by atoms with E-state index in [-0.39, 0.29) is 45.2 Å². The third kappa shape index (κ3) is 14.8. The Morgan fingerprint density at radius 1 is 0.827 bits per heavy atom. The molecule has 1 aliphatic carbocycles. The van der Waals surface area contributed by atoms with E-state index >= 15 is 0 Å². The summed E-state index contributed by atoms with van der Waals surface area (Å²) in [4.78, 5) is 83.1. The van der Waals surface area contributed by atoms with Crippen molar-refractivity contribution >= 4 is 63.2 Å². The molecule has 0 radical (unpaired) electrons. The van der Waals surface area contributed by atoms with Crippen LogP contribution in [0.4, 0.5) is 15.8 Å². The number of aryl methyl sites for hydroxylation is 1. The van der Waals surface area contributed by atoms with Crippen LogP contribution in [0.15, 0.2) is 103 Å². The third-order valence-electron chi connectivity index (χ3n) is 14.9. The van der Waals surface area contributed by atoms with Crippen molar-refractivity contribution in [3.8, 4) is 27.7 Å². The van der Waals surface area contributed by atoms with Gasteiger partial charge in [0.25, 0.3) is 0 Å². The van der Waals surface area contributed by atoms with Crippen LogP contribution in [0.1, 0.15) is 56.9 Å². The van der Waals surface area contributed by atoms with Crippen LogP contribution in [0.5, 0.6) is 17.2 Å². The Hall–Kier alpha value is -7.40. The first-order chi connectivity index (χ1) is 39.0. The first-order valence-corrected chi connectivity index (χ1v) is 28.1. The van der Waals surface area contributed by atoms with Gasteiger partial charge in [-0.25, -0.2) is 9.37 Å². The molecule has 0 unspecified atom stereocenters. The molecule has 6 aromatic rings. The van der Waals surface area contributed by atoms with Crippen molar-refractivity contribution in [2.45, 2.75) is 78.2 Å². The Kier molecular flexibility index (Phi) is 18.7. The Labute approximate surface area is 474 Å². The van der Waals surface area contributed by atoms with Gasteiger partial charge in [0, 0.05) is 87.3 Å². The number of rotatable bonds is 23. The van der Waals surface area contributed by atoms with Gasteiger partial charge >= 0.3 is 0 Å². The molecule has 81 heavy (non-hydrogen) atoms. The number of amides is 5. The van der Waals surface area contributed by atoms with Crippen LogP contribution in [0.2, 0.25) is 0 Å². The normalized spacial score (nSPS) is 17.5. The lowest BCUT2D eigenvalue weighted by atomic mass is 9.85. The molecule has 2 aliphatic heterocycles. The number of nitrogens with one attached hydrogen (secondary N) is 4. The number of ether oxygens (including phenoxy) is 4. The number of aliphatic hydroxyl groups excluding tert-OH is 1. The predicted molar refractivity (Wildman–Crippen MR) is 305 cm³/mol. The van der Waals surface area contributed by atoms with E-state index in [1.165, 1.54) is 29.2 Å². The number of methoxy groups -OCH3 is 1. The summed E-state index contributed by atoms with van der Waals surface area (Å²) in [6.45, 7) is 13.2. The van der Waals surface area contributed by atoms with Crippen LogP contribution < -0.4 is 30.7 Å². The van der Waals surface area contributed by atoms with Gasteiger partial charge in [0.05, 0.1) is 54.6 Å². The largest absolute Gasteiger partial charge is 0.496 e. The molecule has 3 aliphatic rings. The Morgan fingerprint density at radius 3 is 2.14 bits per heavy atom. The molecule has 428 valence electrons. The highest BCUT2D eigenvalue weighted by Gasteiger charge is 2.56. The van der Waals surface area contributed by atoms with Crippen LogP contribution in [-0.2, 0) is 46.5 Å². The monoisotopic (exact) mass is 1130 g/mol. The molecule has 19 nitrogen and oxygen atoms in total. The molecule has 3 fully saturated rings. The van der Waals surface area contributed by atoms with Crippen molar-refractivity contribution in [2.24, 2.45) is 10.8 Å². The van der Waals surface area contributed by atoms with Crippen molar-refractivity contribution in [1.29, 1.82) is 0 Å². The second kappa shape index (κ2) is 26.0. The number of benzene rings is 4. The fourth-order valence-electron chi connectivity index (χ4n) is 10.0. The summed E-state index contributed by atoms with van der Waals surface area (Å²) in [6.07, 6.45) is 1.73. The third-order valence-corrected chi connectivity index (χ3v) is 15.9. The topological polar surface area (TPSA) is 226 Å². The van der Waals surface area contributed by atoms with E-state index in [0.717, 1.165) is 70.9 Å². The van der Waals surface area contributed by atoms with Crippen molar-refractivity contribution < 1.29 is 52.4 Å². The number of thiazole rings is 1. The first-order valence-electron chi connectivity index (χ1n) is 27.2. The summed E-state index contributed by atoms with van der Waals surface area (Å²) < 4.78 is 37.1. The van der Waals surface area contributed by atoms with E-state index in [4.69, 9.17) is 18.9 Å². The smallest absolute Gasteiger partial charge is 0.246 e. The van der Waals surface area contributed by atoms with Gasteiger partial charge in [-0.15, -0.1) is 11.3 Å². The highest BCUT2D eigenvalue weighted by atomic mass is 32.1. The van der Waals surface area contributed by atoms with E-state index < -0.39 is 58.5 Å². The van der Waals surface area contributed by atoms with Gasteiger partial charge in [0.2, 0.25) is 29.5 Å². The Balaban J connectivity index is 0.669. The summed E-state index contributed by atoms with van der Waals surface area (Å²) >= 11 is 1.57. The maximum absolute atomic E-state index is 14.0. The van der Waals surface area contributed by atoms with E-state index in [1.807, 2.05) is 69.6 Å². The van der Waals surface area contributed by atoms with E-state index in [9.17, 15) is 33.5 Å². The molecule has 2 aromatic heterocycles. The fraction of sp³-hybridized carbons (Fsp3) is 0.417. The number of piperazine rings is 1. The number of carbonyl (C=O) groups is 5. The number of fused-ring (bicyclic) bond motifs is 1. The number of β-amino-alcohol motifs (C(OH)–C–C–N with tert-alkyl or cyclic N) is 1. The number of aromatic nitrogens is 2. The zero-order chi connectivity index (χ0) is 57.3. The zero-order valence-corrected chi connectivity index (χ0v) is 47.1. The molecule has 4 aromatic carbocycles. The zero-order valence-electron chi connectivity index (χ0n) is 46.3. The molecule has 2 saturated heterocycles. The molecule has 9 rings (SSSR count). The minimum atomic E-state index is -1.19. The standard InChI is InChI=1S/C60H70FN9O10S/c1-38-53(81-37-64-38)40-8-6-39(7-9-40)33-63-55(73)49-31-45(71)35-70(49)56(74)54(59(2,3)4)67-52(72)36-79-29-28-78-27-26-68-22-24-69(25-23-68)34-41-30-48-47(32-51(41)77-5)50(18-21-62-48)80-46-16-14-44(15-17-46)66-58(76)60(19-20-60)57(75)65-43-12-10-42(61)11-13-43/h6-18,21,30,32,37,45,49,54,71H,19-20,22-29,31,33-36H2,1-5H3,(H,63,73)(H,65,75)(H,66,76)(H,67,72)/t45-,49+,54-/m1/s1. The van der Waals surface area contributed by atoms with Crippen LogP contribution in [0, 0.1) is 23.6 Å². The molecule has 1 saturated carbocycles. The number of hydrogen-bond acceptors (Lipinski definition) is 15. The van der Waals surface area contributed by atoms with Crippen LogP contribution >= 0.6 is 11.3 Å². The maximum atomic E-state index is 14.0. The van der Waals surface area contributed by atoms with Gasteiger partial charge in [-0.1, -0.05) is 45.0 Å². The van der Waals surface area contributed by atoms with Crippen LogP contribution in [0.3, 0.4) is 0 Å². The van der Waals surface area contributed by atoms with Gasteiger partial charge in [0.15, 0.2) is 0 Å². The summed E-state index contributed by atoms with van der Waals surface area (Å²) in [6, 6.07) is 24.1. The van der Waals surface area contributed by atoms with Gasteiger partial charge < -0.3 is 50.2 Å². The maximum Gasteiger partial charge on any atom is 0.246 e. The van der Waals surface area contributed by atoms with Crippen molar-refractivity contribution in [1.82, 2.24) is 35.3 Å². The van der Waals surface area contributed by atoms with E-state index in [0.29, 0.717) is 54.6 Å². The Morgan fingerprint density at radius 2 is 1.49 bits per heavy atom. The number of pyridine rings is 1. The number of halogens is 1. The summed E-state index contributed by atoms with van der Waals surface area (Å²) in [7, 11) is 1.64. The lowest BCUT2D eigenvalue weighted by Gasteiger charge is -2.35. The quantitative estimate of drug-likeness (QED) is 0.0324. The van der Waals surface area contributed by atoms with Crippen LogP contribution in [0.25, 0.3) is 21.3 Å². The van der Waals surface area contributed by atoms with Gasteiger partial charge in [-0.2, -0.15) is 0 Å². The van der Waals surface area contributed by atoms with Crippen molar-refractivity contribution in [3.63, 3.8) is 0 Å². The van der Waals surface area contributed by atoms with Gasteiger partial charge in [0.1, 0.15) is 47.2 Å². The van der Waals surface area contributed by atoms with Gasteiger partial charge in [-0.3, -0.25) is 38.8 Å². The summed E-state index contributed by atoms with van der Waals surface area (Å²) in [5.41, 5.74) is 5.49. The SMILES string of the molecule is COc1cc2c(Oc3ccc(NC(=O)C4(C(=O)Nc5ccc(F)cc5)CC4)cc3)ccnc2cc1CN1CCN(CCOCCOCC(=O)N[C@H](C(=O)N2C[C@H](O)C[C@H]2C(=O)NCc2ccc(-c3scnc3C)cc2)C(C)(C)C)CC1. The molecule has 0 spiro atoms. The second-order valence-corrected chi connectivity index (χ2v) is 22.7. The lowest BCUT2D eigenvalue weighted by molar-refractivity contribution is -0.144. The number of nitrogens with zero attached hydrogens (tertiary/aromatic N) is 5. The molecule has 3 atom stereocenters. The lowest BCUT2D eigenvalue weighted by Crippen LogP contribution is -2.58. The number of hydrogen-bond donors (Lipinski definition) is 5. The number of aliphatic hydroxyl groups is 1. The summed E-state index contributed by atoms with van der Waals surface area (Å²) in [5, 5.41) is 22.7. The van der Waals surface area contributed by atoms with E-state index in [1.54, 1.807) is 55.0 Å². The predicted octanol–water partition coefficient (Wildman–Crippen LogP) is 6.92. The molecule has 21 heteroatoms. The molecule has 0 bridgehead atoms. The molecule has 4 heterocycles. The minimum Gasteiger partial charge on any atom is -0.496 e. The second-order valence-electron chi connectivity index (χ2n) is 21.8. The molecular formula is C60H70FN9O10S. The minimum absolute atomic E-state index is 0.0213. The molecular weight excluding hydrogens is 1060 g/mol. The molecule has 5 amide bonds. The number of likely N-dealkylation sites (tertiary alicyclic amines) is 1. The molecule has 5 N–H and O–H groups in total. The van der Waals surface area contributed by atoms with Crippen LogP contribution in [-0.4, -0.2) is 150 Å². The van der Waals surface area contributed by atoms with Crippen molar-refractivity contribution in [3.05, 3.63) is 125 Å². The highest BCUT2D eigenvalue weighted by molar-refractivity contribution is 7.13. The van der Waals surface area contributed by atoms with E-state index in [2.05, 4.69) is 41.0 Å². The van der Waals surface area contributed by atoms with Crippen molar-refractivity contribution in [2.75, 3.05) is 83.4 Å². The van der Waals surface area contributed by atoms with Gasteiger partial charge in [-0.05, 0) is 103 Å². The Bertz CT molecular complexity index is 3180. The first kappa shape index (κ1) is 58.3. The average molecular weight is 1130 g/mol. The average Bonchev–Trinajstić information content (AvgIpc) is 4.27. The fourth-order valence-corrected chi connectivity index (χ4v) is 10.8.